The number of amides is 1. The zero-order valence-corrected chi connectivity index (χ0v) is 11.1. The van der Waals surface area contributed by atoms with E-state index < -0.39 is 0 Å². The molecule has 1 amide bonds. The molecule has 1 rings (SSSR count). The summed E-state index contributed by atoms with van der Waals surface area (Å²) in [5.41, 5.74) is 0. The van der Waals surface area contributed by atoms with Crippen molar-refractivity contribution in [2.24, 2.45) is 0 Å². The van der Waals surface area contributed by atoms with Gasteiger partial charge in [-0.25, -0.2) is 0 Å². The van der Waals surface area contributed by atoms with Crippen LogP contribution in [-0.2, 0) is 14.3 Å². The Balaban J connectivity index is 1.97. The lowest BCUT2D eigenvalue weighted by atomic mass is 10.1. The van der Waals surface area contributed by atoms with Gasteiger partial charge in [-0.2, -0.15) is 0 Å². The monoisotopic (exact) mass is 293 g/mol. The fourth-order valence-corrected chi connectivity index (χ4v) is 1.83. The Morgan fingerprint density at radius 1 is 1.44 bits per heavy atom. The van der Waals surface area contributed by atoms with E-state index in [2.05, 4.69) is 21.2 Å². The van der Waals surface area contributed by atoms with Crippen molar-refractivity contribution >= 4 is 21.8 Å². The molecule has 1 atom stereocenters. The lowest BCUT2D eigenvalue weighted by Crippen LogP contribution is -2.39. The van der Waals surface area contributed by atoms with Crippen LogP contribution in [0.4, 0.5) is 0 Å². The molecule has 0 aliphatic carbocycles. The maximum Gasteiger partial charge on any atom is 0.249 e. The van der Waals surface area contributed by atoms with Crippen LogP contribution < -0.4 is 5.32 Å². The van der Waals surface area contributed by atoms with Crippen molar-refractivity contribution in [2.45, 2.75) is 31.8 Å². The van der Waals surface area contributed by atoms with Crippen LogP contribution in [0.5, 0.6) is 0 Å². The summed E-state index contributed by atoms with van der Waals surface area (Å²) in [6.07, 6.45) is 3.64. The average Bonchev–Trinajstić information content (AvgIpc) is 2.34. The highest BCUT2D eigenvalue weighted by atomic mass is 79.9. The molecule has 1 saturated heterocycles. The van der Waals surface area contributed by atoms with Crippen LogP contribution in [0.2, 0.25) is 0 Å². The lowest BCUT2D eigenvalue weighted by Gasteiger charge is -2.21. The Bertz CT molecular complexity index is 196. The molecule has 1 aliphatic rings. The highest BCUT2D eigenvalue weighted by molar-refractivity contribution is 9.09. The molecule has 0 saturated carbocycles. The summed E-state index contributed by atoms with van der Waals surface area (Å²) in [6.45, 7) is 2.80. The zero-order valence-electron chi connectivity index (χ0n) is 9.54. The van der Waals surface area contributed by atoms with Crippen LogP contribution in [0.15, 0.2) is 0 Å². The number of carbonyl (C=O) groups excluding carboxylic acids is 1. The maximum atomic E-state index is 11.6. The number of nitrogens with one attached hydrogen (secondary N) is 1. The Hall–Kier alpha value is -0.130. The summed E-state index contributed by atoms with van der Waals surface area (Å²) in [5.74, 6) is 0.0280. The molecule has 0 radical (unpaired) electrons. The average molecular weight is 294 g/mol. The van der Waals surface area contributed by atoms with Crippen molar-refractivity contribution in [2.75, 3.05) is 31.7 Å². The standard InChI is InChI=1S/C11H20BrNO3/c12-5-9-15-7-3-6-13-11(14)10-4-1-2-8-16-10/h10H,1-9H2,(H,13,14). The molecule has 0 aromatic carbocycles. The van der Waals surface area contributed by atoms with E-state index in [4.69, 9.17) is 9.47 Å². The highest BCUT2D eigenvalue weighted by Crippen LogP contribution is 2.12. The van der Waals surface area contributed by atoms with E-state index in [1.807, 2.05) is 0 Å². The second-order valence-electron chi connectivity index (χ2n) is 3.80. The third-order valence-corrected chi connectivity index (χ3v) is 2.78. The molecule has 1 N–H and O–H groups in total. The first-order valence-corrected chi connectivity index (χ1v) is 7.00. The summed E-state index contributed by atoms with van der Waals surface area (Å²) in [4.78, 5) is 11.6. The molecular formula is C11H20BrNO3. The third kappa shape index (κ3) is 5.82. The van der Waals surface area contributed by atoms with Gasteiger partial charge in [0.2, 0.25) is 5.91 Å². The van der Waals surface area contributed by atoms with Gasteiger partial charge in [0.1, 0.15) is 6.10 Å². The Morgan fingerprint density at radius 2 is 2.31 bits per heavy atom. The molecular weight excluding hydrogens is 274 g/mol. The van der Waals surface area contributed by atoms with E-state index in [0.29, 0.717) is 19.8 Å². The largest absolute Gasteiger partial charge is 0.381 e. The van der Waals surface area contributed by atoms with Gasteiger partial charge in [-0.15, -0.1) is 0 Å². The van der Waals surface area contributed by atoms with Crippen LogP contribution in [0, 0.1) is 0 Å². The van der Waals surface area contributed by atoms with Gasteiger partial charge in [0.05, 0.1) is 6.61 Å². The van der Waals surface area contributed by atoms with Crippen LogP contribution in [0.25, 0.3) is 0 Å². The molecule has 5 heteroatoms. The summed E-state index contributed by atoms with van der Waals surface area (Å²) in [5, 5.41) is 3.73. The van der Waals surface area contributed by atoms with Gasteiger partial charge in [0.15, 0.2) is 0 Å². The van der Waals surface area contributed by atoms with Gasteiger partial charge < -0.3 is 14.8 Å². The van der Waals surface area contributed by atoms with Crippen LogP contribution in [-0.4, -0.2) is 43.7 Å². The predicted octanol–water partition coefficient (Wildman–Crippen LogP) is 1.47. The van der Waals surface area contributed by atoms with E-state index in [0.717, 1.165) is 37.6 Å². The van der Waals surface area contributed by atoms with Crippen LogP contribution >= 0.6 is 15.9 Å². The molecule has 1 fully saturated rings. The number of ether oxygens (including phenoxy) is 2. The molecule has 1 aliphatic heterocycles. The minimum absolute atomic E-state index is 0.0280. The first-order valence-electron chi connectivity index (χ1n) is 5.87. The number of halogens is 1. The number of hydrogen-bond acceptors (Lipinski definition) is 3. The van der Waals surface area contributed by atoms with Crippen LogP contribution in [0.1, 0.15) is 25.7 Å². The van der Waals surface area contributed by atoms with Crippen molar-refractivity contribution in [3.63, 3.8) is 0 Å². The van der Waals surface area contributed by atoms with E-state index in [1.54, 1.807) is 0 Å². The Kier molecular flexibility index (Phi) is 7.80. The second-order valence-corrected chi connectivity index (χ2v) is 4.59. The number of alkyl halides is 1. The number of carbonyl (C=O) groups is 1. The summed E-state index contributed by atoms with van der Waals surface area (Å²) >= 11 is 3.28. The summed E-state index contributed by atoms with van der Waals surface area (Å²) in [6, 6.07) is 0. The summed E-state index contributed by atoms with van der Waals surface area (Å²) < 4.78 is 10.7. The molecule has 0 aromatic rings. The van der Waals surface area contributed by atoms with Gasteiger partial charge in [0, 0.05) is 25.1 Å². The Labute approximate surface area is 105 Å². The van der Waals surface area contributed by atoms with Crippen molar-refractivity contribution < 1.29 is 14.3 Å². The van der Waals surface area contributed by atoms with Gasteiger partial charge in [-0.3, -0.25) is 4.79 Å². The summed E-state index contributed by atoms with van der Waals surface area (Å²) in [7, 11) is 0. The van der Waals surface area contributed by atoms with Gasteiger partial charge in [-0.05, 0) is 25.7 Å². The van der Waals surface area contributed by atoms with E-state index >= 15 is 0 Å². The first-order chi connectivity index (χ1) is 7.84. The fraction of sp³-hybridized carbons (Fsp3) is 0.909. The van der Waals surface area contributed by atoms with Crippen LogP contribution in [0.3, 0.4) is 0 Å². The van der Waals surface area contributed by atoms with Crippen molar-refractivity contribution in [1.29, 1.82) is 0 Å². The van der Waals surface area contributed by atoms with Crippen molar-refractivity contribution in [3.8, 4) is 0 Å². The molecule has 94 valence electrons. The Morgan fingerprint density at radius 3 is 3.00 bits per heavy atom. The minimum Gasteiger partial charge on any atom is -0.381 e. The third-order valence-electron chi connectivity index (χ3n) is 2.46. The van der Waals surface area contributed by atoms with E-state index in [1.165, 1.54) is 0 Å². The van der Waals surface area contributed by atoms with E-state index in [9.17, 15) is 4.79 Å². The topological polar surface area (TPSA) is 47.6 Å². The van der Waals surface area contributed by atoms with Gasteiger partial charge in [-0.1, -0.05) is 15.9 Å². The maximum absolute atomic E-state index is 11.6. The molecule has 1 heterocycles. The molecule has 0 aromatic heterocycles. The number of hydrogen-bond donors (Lipinski definition) is 1. The quantitative estimate of drug-likeness (QED) is 0.571. The van der Waals surface area contributed by atoms with Crippen molar-refractivity contribution in [3.05, 3.63) is 0 Å². The molecule has 0 bridgehead atoms. The molecule has 0 spiro atoms. The lowest BCUT2D eigenvalue weighted by molar-refractivity contribution is -0.135. The first kappa shape index (κ1) is 13.9. The zero-order chi connectivity index (χ0) is 11.6. The smallest absolute Gasteiger partial charge is 0.249 e. The second kappa shape index (κ2) is 8.96. The van der Waals surface area contributed by atoms with Gasteiger partial charge >= 0.3 is 0 Å². The minimum atomic E-state index is -0.225. The normalized spacial score (nSPS) is 20.7. The fourth-order valence-electron chi connectivity index (χ4n) is 1.60. The number of rotatable bonds is 7. The SMILES string of the molecule is O=C(NCCCOCCBr)C1CCCCO1. The molecule has 4 nitrogen and oxygen atoms in total. The molecule has 16 heavy (non-hydrogen) atoms. The van der Waals surface area contributed by atoms with Crippen molar-refractivity contribution in [1.82, 2.24) is 5.32 Å². The molecule has 1 unspecified atom stereocenters. The highest BCUT2D eigenvalue weighted by Gasteiger charge is 2.20. The van der Waals surface area contributed by atoms with E-state index in [-0.39, 0.29) is 12.0 Å². The van der Waals surface area contributed by atoms with Gasteiger partial charge in [0.25, 0.3) is 0 Å². The predicted molar refractivity (Wildman–Crippen MR) is 65.8 cm³/mol.